The highest BCUT2D eigenvalue weighted by Gasteiger charge is 2.20. The number of morpholine rings is 1. The molecular formula is C14H21N5O. The van der Waals surface area contributed by atoms with Gasteiger partial charge in [-0.25, -0.2) is 15.0 Å². The van der Waals surface area contributed by atoms with Gasteiger partial charge < -0.3 is 14.2 Å². The molecule has 0 N–H and O–H groups in total. The Balaban J connectivity index is 2.14. The van der Waals surface area contributed by atoms with Gasteiger partial charge in [0.05, 0.1) is 13.2 Å². The van der Waals surface area contributed by atoms with Crippen LogP contribution in [0.15, 0.2) is 0 Å². The molecule has 20 heavy (non-hydrogen) atoms. The molecule has 0 saturated carbocycles. The van der Waals surface area contributed by atoms with Crippen LogP contribution < -0.4 is 4.90 Å². The van der Waals surface area contributed by atoms with Gasteiger partial charge in [-0.05, 0) is 20.3 Å². The number of aryl methyl sites for hydroxylation is 3. The van der Waals surface area contributed by atoms with Gasteiger partial charge >= 0.3 is 0 Å². The van der Waals surface area contributed by atoms with Crippen molar-refractivity contribution in [3.63, 3.8) is 0 Å². The fraction of sp³-hybridized carbons (Fsp3) is 0.643. The molecule has 1 fully saturated rings. The first kappa shape index (κ1) is 13.3. The highest BCUT2D eigenvalue weighted by Crippen LogP contribution is 2.25. The largest absolute Gasteiger partial charge is 0.378 e. The second-order valence-electron chi connectivity index (χ2n) is 5.18. The van der Waals surface area contributed by atoms with Crippen molar-refractivity contribution >= 4 is 17.0 Å². The maximum atomic E-state index is 5.42. The number of imidazole rings is 1. The summed E-state index contributed by atoms with van der Waals surface area (Å²) in [5, 5.41) is 0. The maximum absolute atomic E-state index is 5.42. The first-order valence-electron chi connectivity index (χ1n) is 7.25. The van der Waals surface area contributed by atoms with E-state index in [0.717, 1.165) is 67.9 Å². The third kappa shape index (κ3) is 2.24. The first-order chi connectivity index (χ1) is 9.70. The van der Waals surface area contributed by atoms with Crippen molar-refractivity contribution < 1.29 is 4.74 Å². The van der Waals surface area contributed by atoms with Crippen LogP contribution in [0.2, 0.25) is 0 Å². The zero-order valence-electron chi connectivity index (χ0n) is 12.4. The zero-order valence-corrected chi connectivity index (χ0v) is 12.4. The number of nitrogens with zero attached hydrogens (tertiary/aromatic N) is 5. The number of hydrogen-bond donors (Lipinski definition) is 0. The predicted octanol–water partition coefficient (Wildman–Crippen LogP) is 1.69. The molecule has 2 aromatic rings. The highest BCUT2D eigenvalue weighted by molar-refractivity contribution is 5.84. The average molecular weight is 275 g/mol. The van der Waals surface area contributed by atoms with Gasteiger partial charge in [0.25, 0.3) is 0 Å². The minimum Gasteiger partial charge on any atom is -0.378 e. The van der Waals surface area contributed by atoms with Gasteiger partial charge in [-0.2, -0.15) is 0 Å². The van der Waals surface area contributed by atoms with E-state index < -0.39 is 0 Å². The van der Waals surface area contributed by atoms with Crippen molar-refractivity contribution in [1.29, 1.82) is 0 Å². The molecule has 2 aromatic heterocycles. The highest BCUT2D eigenvalue weighted by atomic mass is 16.5. The van der Waals surface area contributed by atoms with Crippen molar-refractivity contribution in [3.05, 3.63) is 11.6 Å². The van der Waals surface area contributed by atoms with Crippen LogP contribution >= 0.6 is 0 Å². The van der Waals surface area contributed by atoms with E-state index in [9.17, 15) is 0 Å². The summed E-state index contributed by atoms with van der Waals surface area (Å²) < 4.78 is 7.61. The summed E-state index contributed by atoms with van der Waals surface area (Å²) in [6, 6.07) is 0. The molecular weight excluding hydrogens is 254 g/mol. The number of ether oxygens (including phenoxy) is 1. The molecule has 0 bridgehead atoms. The summed E-state index contributed by atoms with van der Waals surface area (Å²) in [5.74, 6) is 2.77. The quantitative estimate of drug-likeness (QED) is 0.853. The van der Waals surface area contributed by atoms with Crippen LogP contribution in [0.5, 0.6) is 0 Å². The van der Waals surface area contributed by atoms with Gasteiger partial charge in [-0.15, -0.1) is 0 Å². The van der Waals surface area contributed by atoms with Crippen LogP contribution in [-0.4, -0.2) is 45.8 Å². The molecule has 1 aliphatic heterocycles. The summed E-state index contributed by atoms with van der Waals surface area (Å²) in [7, 11) is 0. The van der Waals surface area contributed by atoms with E-state index in [-0.39, 0.29) is 0 Å². The summed E-state index contributed by atoms with van der Waals surface area (Å²) in [6.45, 7) is 10.3. The fourth-order valence-corrected chi connectivity index (χ4v) is 2.69. The van der Waals surface area contributed by atoms with Crippen molar-refractivity contribution in [2.75, 3.05) is 31.2 Å². The second kappa shape index (κ2) is 5.36. The van der Waals surface area contributed by atoms with Crippen LogP contribution in [0, 0.1) is 13.8 Å². The lowest BCUT2D eigenvalue weighted by molar-refractivity contribution is 0.122. The molecule has 0 aromatic carbocycles. The lowest BCUT2D eigenvalue weighted by Crippen LogP contribution is -2.37. The van der Waals surface area contributed by atoms with Crippen LogP contribution in [0.4, 0.5) is 5.82 Å². The molecule has 1 saturated heterocycles. The van der Waals surface area contributed by atoms with Gasteiger partial charge in [-0.1, -0.05) is 6.92 Å². The number of anilines is 1. The third-order valence-corrected chi connectivity index (χ3v) is 3.64. The number of hydrogen-bond acceptors (Lipinski definition) is 5. The van der Waals surface area contributed by atoms with E-state index in [2.05, 4.69) is 26.4 Å². The topological polar surface area (TPSA) is 56.1 Å². The summed E-state index contributed by atoms with van der Waals surface area (Å²) >= 11 is 0. The Kier molecular flexibility index (Phi) is 3.56. The van der Waals surface area contributed by atoms with E-state index in [1.165, 1.54) is 0 Å². The molecule has 1 aliphatic rings. The van der Waals surface area contributed by atoms with Gasteiger partial charge in [-0.3, -0.25) is 0 Å². The smallest absolute Gasteiger partial charge is 0.165 e. The minimum atomic E-state index is 0.749. The molecule has 0 unspecified atom stereocenters. The van der Waals surface area contributed by atoms with E-state index in [0.29, 0.717) is 0 Å². The van der Waals surface area contributed by atoms with Crippen LogP contribution in [0.3, 0.4) is 0 Å². The third-order valence-electron chi connectivity index (χ3n) is 3.64. The molecule has 0 spiro atoms. The summed E-state index contributed by atoms with van der Waals surface area (Å²) in [4.78, 5) is 16.2. The Morgan fingerprint density at radius 1 is 1.10 bits per heavy atom. The van der Waals surface area contributed by atoms with Gasteiger partial charge in [0.1, 0.15) is 11.6 Å². The first-order valence-corrected chi connectivity index (χ1v) is 7.25. The van der Waals surface area contributed by atoms with Crippen LogP contribution in [0.25, 0.3) is 11.2 Å². The second-order valence-corrected chi connectivity index (χ2v) is 5.18. The molecule has 0 aliphatic carbocycles. The Morgan fingerprint density at radius 3 is 2.55 bits per heavy atom. The maximum Gasteiger partial charge on any atom is 0.165 e. The molecule has 6 heteroatoms. The number of aromatic nitrogens is 4. The van der Waals surface area contributed by atoms with Crippen molar-refractivity contribution in [2.24, 2.45) is 0 Å². The Morgan fingerprint density at radius 2 is 1.85 bits per heavy atom. The lowest BCUT2D eigenvalue weighted by atomic mass is 10.3. The predicted molar refractivity (Wildman–Crippen MR) is 78.1 cm³/mol. The van der Waals surface area contributed by atoms with E-state index >= 15 is 0 Å². The van der Waals surface area contributed by atoms with Crippen LogP contribution in [0.1, 0.15) is 25.0 Å². The minimum absolute atomic E-state index is 0.749. The Labute approximate surface area is 118 Å². The summed E-state index contributed by atoms with van der Waals surface area (Å²) in [6.07, 6.45) is 1.07. The van der Waals surface area contributed by atoms with Crippen molar-refractivity contribution in [2.45, 2.75) is 33.7 Å². The van der Waals surface area contributed by atoms with E-state index in [1.807, 2.05) is 13.8 Å². The molecule has 3 heterocycles. The summed E-state index contributed by atoms with van der Waals surface area (Å²) in [5.41, 5.74) is 1.88. The van der Waals surface area contributed by atoms with Gasteiger partial charge in [0.15, 0.2) is 17.0 Å². The van der Waals surface area contributed by atoms with Gasteiger partial charge in [0, 0.05) is 19.6 Å². The Bertz CT molecular complexity index is 616. The van der Waals surface area contributed by atoms with E-state index in [4.69, 9.17) is 9.72 Å². The number of fused-ring (bicyclic) bond motifs is 1. The standard InChI is InChI=1S/C14H21N5O/c1-4-5-19-11(3)17-12-13(15-10(2)16-14(12)19)18-6-8-20-9-7-18/h4-9H2,1-3H3. The monoisotopic (exact) mass is 275 g/mol. The molecule has 0 amide bonds. The molecule has 108 valence electrons. The number of rotatable bonds is 3. The molecule has 0 radical (unpaired) electrons. The average Bonchev–Trinajstić information content (AvgIpc) is 2.76. The zero-order chi connectivity index (χ0) is 14.1. The SMILES string of the molecule is CCCn1c(C)nc2c(N3CCOCC3)nc(C)nc21. The molecule has 3 rings (SSSR count). The fourth-order valence-electron chi connectivity index (χ4n) is 2.69. The lowest BCUT2D eigenvalue weighted by Gasteiger charge is -2.27. The van der Waals surface area contributed by atoms with Crippen LogP contribution in [-0.2, 0) is 11.3 Å². The molecule has 0 atom stereocenters. The van der Waals surface area contributed by atoms with Gasteiger partial charge in [0.2, 0.25) is 0 Å². The molecule has 6 nitrogen and oxygen atoms in total. The van der Waals surface area contributed by atoms with Crippen molar-refractivity contribution in [3.8, 4) is 0 Å². The Hall–Kier alpha value is -1.69. The normalized spacial score (nSPS) is 16.1. The van der Waals surface area contributed by atoms with Crippen molar-refractivity contribution in [1.82, 2.24) is 19.5 Å². The van der Waals surface area contributed by atoms with E-state index in [1.54, 1.807) is 0 Å².